The highest BCUT2D eigenvalue weighted by atomic mass is 32.2. The van der Waals surface area contributed by atoms with Crippen LogP contribution in [0.15, 0.2) is 24.3 Å². The molecule has 0 spiro atoms. The third kappa shape index (κ3) is 5.67. The van der Waals surface area contributed by atoms with E-state index in [4.69, 9.17) is 0 Å². The van der Waals surface area contributed by atoms with E-state index in [0.29, 0.717) is 18.7 Å². The van der Waals surface area contributed by atoms with Gasteiger partial charge in [0.05, 0.1) is 11.9 Å². The summed E-state index contributed by atoms with van der Waals surface area (Å²) in [5, 5.41) is 9.95. The molecule has 4 nitrogen and oxygen atoms in total. The van der Waals surface area contributed by atoms with Crippen molar-refractivity contribution in [3.63, 3.8) is 0 Å². The third-order valence-electron chi connectivity index (χ3n) is 2.96. The second kappa shape index (κ2) is 6.98. The zero-order valence-electron chi connectivity index (χ0n) is 11.2. The summed E-state index contributed by atoms with van der Waals surface area (Å²) in [6.45, 7) is 2.29. The summed E-state index contributed by atoms with van der Waals surface area (Å²) in [6, 6.07) is 5.63. The maximum absolute atomic E-state index is 12.7. The molecule has 6 heteroatoms. The number of aliphatic hydroxyl groups excluding tert-OH is 1. The van der Waals surface area contributed by atoms with Crippen molar-refractivity contribution in [2.75, 3.05) is 31.6 Å². The van der Waals surface area contributed by atoms with E-state index in [1.807, 2.05) is 0 Å². The molecule has 1 N–H and O–H groups in total. The molecular formula is C13H20FNO3S. The molecule has 1 rings (SSSR count). The standard InChI is InChI=1S/C13H20FNO3S/c1-3-19(17,18)9-8-15(2)10-13(16)11-4-6-12(14)7-5-11/h4-7,13,16H,3,8-10H2,1-2H3. The first-order valence-electron chi connectivity index (χ1n) is 6.16. The zero-order valence-corrected chi connectivity index (χ0v) is 12.0. The first-order chi connectivity index (χ1) is 8.84. The SMILES string of the molecule is CCS(=O)(=O)CCN(C)CC(O)c1ccc(F)cc1. The Labute approximate surface area is 113 Å². The highest BCUT2D eigenvalue weighted by molar-refractivity contribution is 7.91. The summed E-state index contributed by atoms with van der Waals surface area (Å²) in [4.78, 5) is 1.75. The molecule has 0 amide bonds. The van der Waals surface area contributed by atoms with Crippen LogP contribution >= 0.6 is 0 Å². The molecule has 1 atom stereocenters. The summed E-state index contributed by atoms with van der Waals surface area (Å²) in [5.41, 5.74) is 0.617. The lowest BCUT2D eigenvalue weighted by Crippen LogP contribution is -2.30. The van der Waals surface area contributed by atoms with Gasteiger partial charge in [0.2, 0.25) is 0 Å². The summed E-state index contributed by atoms with van der Waals surface area (Å²) in [6.07, 6.45) is -0.755. The molecule has 1 aromatic rings. The predicted molar refractivity (Wildman–Crippen MR) is 73.2 cm³/mol. The van der Waals surface area contributed by atoms with E-state index in [9.17, 15) is 17.9 Å². The van der Waals surface area contributed by atoms with Gasteiger partial charge < -0.3 is 10.0 Å². The molecule has 0 aliphatic rings. The number of aliphatic hydroxyl groups is 1. The number of benzene rings is 1. The van der Waals surface area contributed by atoms with Gasteiger partial charge in [-0.2, -0.15) is 0 Å². The second-order valence-electron chi connectivity index (χ2n) is 4.57. The molecule has 0 bridgehead atoms. The molecule has 0 aliphatic heterocycles. The van der Waals surface area contributed by atoms with Crippen molar-refractivity contribution < 1.29 is 17.9 Å². The van der Waals surface area contributed by atoms with Crippen molar-refractivity contribution in [2.24, 2.45) is 0 Å². The van der Waals surface area contributed by atoms with Crippen LogP contribution < -0.4 is 0 Å². The minimum atomic E-state index is -2.99. The fraction of sp³-hybridized carbons (Fsp3) is 0.538. The van der Waals surface area contributed by atoms with Gasteiger partial charge >= 0.3 is 0 Å². The van der Waals surface area contributed by atoms with E-state index in [-0.39, 0.29) is 17.3 Å². The van der Waals surface area contributed by atoms with Crippen molar-refractivity contribution in [1.29, 1.82) is 0 Å². The highest BCUT2D eigenvalue weighted by Gasteiger charge is 2.13. The van der Waals surface area contributed by atoms with Crippen LogP contribution in [0.4, 0.5) is 4.39 Å². The molecule has 0 aliphatic carbocycles. The Kier molecular flexibility index (Phi) is 5.90. The van der Waals surface area contributed by atoms with E-state index in [1.54, 1.807) is 18.9 Å². The molecule has 0 saturated heterocycles. The molecule has 1 unspecified atom stereocenters. The molecular weight excluding hydrogens is 269 g/mol. The smallest absolute Gasteiger partial charge is 0.151 e. The van der Waals surface area contributed by atoms with Gasteiger partial charge in [-0.05, 0) is 24.7 Å². The van der Waals surface area contributed by atoms with Crippen LogP contribution in [0.1, 0.15) is 18.6 Å². The molecule has 0 saturated carbocycles. The molecule has 108 valence electrons. The van der Waals surface area contributed by atoms with Crippen molar-refractivity contribution in [3.05, 3.63) is 35.6 Å². The molecule has 0 fully saturated rings. The number of nitrogens with zero attached hydrogens (tertiary/aromatic N) is 1. The van der Waals surface area contributed by atoms with Gasteiger partial charge in [-0.25, -0.2) is 12.8 Å². The highest BCUT2D eigenvalue weighted by Crippen LogP contribution is 2.14. The third-order valence-corrected chi connectivity index (χ3v) is 4.65. The summed E-state index contributed by atoms with van der Waals surface area (Å²) >= 11 is 0. The first-order valence-corrected chi connectivity index (χ1v) is 7.98. The fourth-order valence-corrected chi connectivity index (χ4v) is 2.49. The zero-order chi connectivity index (χ0) is 14.5. The van der Waals surface area contributed by atoms with Crippen molar-refractivity contribution in [3.8, 4) is 0 Å². The topological polar surface area (TPSA) is 57.6 Å². The van der Waals surface area contributed by atoms with Crippen LogP contribution in [-0.4, -0.2) is 50.1 Å². The number of halogens is 1. The minimum absolute atomic E-state index is 0.0795. The van der Waals surface area contributed by atoms with Gasteiger partial charge in [-0.1, -0.05) is 19.1 Å². The van der Waals surface area contributed by atoms with E-state index < -0.39 is 15.9 Å². The van der Waals surface area contributed by atoms with Gasteiger partial charge in [-0.3, -0.25) is 0 Å². The second-order valence-corrected chi connectivity index (χ2v) is 7.04. The number of likely N-dealkylation sites (N-methyl/N-ethyl adjacent to an activating group) is 1. The lowest BCUT2D eigenvalue weighted by atomic mass is 10.1. The van der Waals surface area contributed by atoms with Gasteiger partial charge in [0.15, 0.2) is 9.84 Å². The maximum Gasteiger partial charge on any atom is 0.151 e. The van der Waals surface area contributed by atoms with Crippen LogP contribution in [0, 0.1) is 5.82 Å². The van der Waals surface area contributed by atoms with E-state index in [1.165, 1.54) is 24.3 Å². The Bertz CT molecular complexity index is 487. The number of rotatable bonds is 7. The number of hydrogen-bond donors (Lipinski definition) is 1. The van der Waals surface area contributed by atoms with Gasteiger partial charge in [0, 0.05) is 18.8 Å². The average Bonchev–Trinajstić information content (AvgIpc) is 2.37. The Balaban J connectivity index is 2.48. The summed E-state index contributed by atoms with van der Waals surface area (Å²) in [7, 11) is -1.25. The van der Waals surface area contributed by atoms with E-state index in [2.05, 4.69) is 0 Å². The van der Waals surface area contributed by atoms with Crippen LogP contribution in [0.5, 0.6) is 0 Å². The van der Waals surface area contributed by atoms with E-state index in [0.717, 1.165) is 0 Å². The van der Waals surface area contributed by atoms with E-state index >= 15 is 0 Å². The van der Waals surface area contributed by atoms with Crippen LogP contribution in [0.25, 0.3) is 0 Å². The van der Waals surface area contributed by atoms with Crippen molar-refractivity contribution in [2.45, 2.75) is 13.0 Å². The Morgan fingerprint density at radius 1 is 1.32 bits per heavy atom. The van der Waals surface area contributed by atoms with Gasteiger partial charge in [-0.15, -0.1) is 0 Å². The Morgan fingerprint density at radius 2 is 1.89 bits per heavy atom. The van der Waals surface area contributed by atoms with Gasteiger partial charge in [0.25, 0.3) is 0 Å². The van der Waals surface area contributed by atoms with Crippen LogP contribution in [0.3, 0.4) is 0 Å². The summed E-state index contributed by atoms with van der Waals surface area (Å²) in [5.74, 6) is -0.143. The monoisotopic (exact) mass is 289 g/mol. The normalized spacial score (nSPS) is 13.7. The largest absolute Gasteiger partial charge is 0.387 e. The molecule has 1 aromatic carbocycles. The minimum Gasteiger partial charge on any atom is -0.387 e. The van der Waals surface area contributed by atoms with Crippen molar-refractivity contribution in [1.82, 2.24) is 4.90 Å². The molecule has 0 aromatic heterocycles. The van der Waals surface area contributed by atoms with Crippen LogP contribution in [-0.2, 0) is 9.84 Å². The lowest BCUT2D eigenvalue weighted by molar-refractivity contribution is 0.129. The predicted octanol–water partition coefficient (Wildman–Crippen LogP) is 1.23. The van der Waals surface area contributed by atoms with Gasteiger partial charge in [0.1, 0.15) is 5.82 Å². The number of hydrogen-bond acceptors (Lipinski definition) is 4. The Morgan fingerprint density at radius 3 is 2.42 bits per heavy atom. The first kappa shape index (κ1) is 16.1. The lowest BCUT2D eigenvalue weighted by Gasteiger charge is -2.20. The average molecular weight is 289 g/mol. The Hall–Kier alpha value is -0.980. The number of sulfone groups is 1. The maximum atomic E-state index is 12.7. The molecule has 0 radical (unpaired) electrons. The van der Waals surface area contributed by atoms with Crippen LogP contribution in [0.2, 0.25) is 0 Å². The van der Waals surface area contributed by atoms with Crippen molar-refractivity contribution >= 4 is 9.84 Å². The quantitative estimate of drug-likeness (QED) is 0.820. The molecule has 0 heterocycles. The molecule has 19 heavy (non-hydrogen) atoms. The summed E-state index contributed by atoms with van der Waals surface area (Å²) < 4.78 is 35.5. The fourth-order valence-electron chi connectivity index (χ4n) is 1.62.